The predicted octanol–water partition coefficient (Wildman–Crippen LogP) is 1.34. The van der Waals surface area contributed by atoms with E-state index >= 15 is 0 Å². The Hall–Kier alpha value is -1.39. The summed E-state index contributed by atoms with van der Waals surface area (Å²) in [7, 11) is 3.09. The predicted molar refractivity (Wildman–Crippen MR) is 56.4 cm³/mol. The summed E-state index contributed by atoms with van der Waals surface area (Å²) in [6, 6.07) is 9.05. The SMILES string of the molecule is COCN(COC)C(=O)c1ccccc1. The first-order valence-electron chi connectivity index (χ1n) is 4.61. The molecule has 0 aliphatic heterocycles. The molecular formula is C11H15NO3. The van der Waals surface area contributed by atoms with Gasteiger partial charge in [-0.3, -0.25) is 9.69 Å². The van der Waals surface area contributed by atoms with Gasteiger partial charge in [0.2, 0.25) is 0 Å². The van der Waals surface area contributed by atoms with Crippen molar-refractivity contribution in [2.75, 3.05) is 27.7 Å². The summed E-state index contributed by atoms with van der Waals surface area (Å²) in [5.74, 6) is -0.0979. The first kappa shape index (κ1) is 11.7. The molecule has 82 valence electrons. The van der Waals surface area contributed by atoms with Crippen LogP contribution in [0.2, 0.25) is 0 Å². The number of carbonyl (C=O) groups is 1. The van der Waals surface area contributed by atoms with Crippen LogP contribution in [0.25, 0.3) is 0 Å². The summed E-state index contributed by atoms with van der Waals surface area (Å²) in [4.78, 5) is 13.4. The molecule has 0 N–H and O–H groups in total. The van der Waals surface area contributed by atoms with Crippen molar-refractivity contribution in [3.05, 3.63) is 35.9 Å². The highest BCUT2D eigenvalue weighted by molar-refractivity contribution is 5.94. The van der Waals surface area contributed by atoms with Gasteiger partial charge in [0.15, 0.2) is 0 Å². The lowest BCUT2D eigenvalue weighted by Crippen LogP contribution is -2.34. The van der Waals surface area contributed by atoms with E-state index < -0.39 is 0 Å². The molecule has 15 heavy (non-hydrogen) atoms. The van der Waals surface area contributed by atoms with Gasteiger partial charge in [0.25, 0.3) is 5.91 Å². The lowest BCUT2D eigenvalue weighted by atomic mass is 10.2. The lowest BCUT2D eigenvalue weighted by molar-refractivity contribution is -0.00480. The summed E-state index contributed by atoms with van der Waals surface area (Å²) in [6.07, 6.45) is 0. The summed E-state index contributed by atoms with van der Waals surface area (Å²) in [6.45, 7) is 0.448. The van der Waals surface area contributed by atoms with Gasteiger partial charge in [-0.2, -0.15) is 0 Å². The molecular weight excluding hydrogens is 194 g/mol. The second-order valence-corrected chi connectivity index (χ2v) is 3.05. The second-order valence-electron chi connectivity index (χ2n) is 3.05. The zero-order chi connectivity index (χ0) is 11.1. The Morgan fingerprint density at radius 2 is 1.67 bits per heavy atom. The van der Waals surface area contributed by atoms with Gasteiger partial charge in [0.1, 0.15) is 13.5 Å². The van der Waals surface area contributed by atoms with Crippen LogP contribution in [0.3, 0.4) is 0 Å². The molecule has 1 rings (SSSR count). The van der Waals surface area contributed by atoms with E-state index in [9.17, 15) is 4.79 Å². The van der Waals surface area contributed by atoms with E-state index in [1.807, 2.05) is 18.2 Å². The van der Waals surface area contributed by atoms with E-state index in [0.29, 0.717) is 5.56 Å². The van der Waals surface area contributed by atoms with Crippen molar-refractivity contribution in [1.29, 1.82) is 0 Å². The van der Waals surface area contributed by atoms with Gasteiger partial charge in [-0.05, 0) is 12.1 Å². The van der Waals surface area contributed by atoms with E-state index in [4.69, 9.17) is 9.47 Å². The van der Waals surface area contributed by atoms with Crippen LogP contribution in [0.4, 0.5) is 0 Å². The van der Waals surface area contributed by atoms with Crippen molar-refractivity contribution in [3.8, 4) is 0 Å². The van der Waals surface area contributed by atoms with Crippen LogP contribution in [0.5, 0.6) is 0 Å². The zero-order valence-corrected chi connectivity index (χ0v) is 8.97. The molecule has 0 aromatic heterocycles. The van der Waals surface area contributed by atoms with E-state index in [-0.39, 0.29) is 19.4 Å². The Bertz CT molecular complexity index is 294. The molecule has 0 atom stereocenters. The van der Waals surface area contributed by atoms with Crippen molar-refractivity contribution in [2.24, 2.45) is 0 Å². The number of rotatable bonds is 5. The molecule has 1 aromatic carbocycles. The maximum absolute atomic E-state index is 11.9. The molecule has 0 aliphatic rings. The van der Waals surface area contributed by atoms with Crippen LogP contribution in [-0.4, -0.2) is 38.5 Å². The van der Waals surface area contributed by atoms with Crippen LogP contribution in [0, 0.1) is 0 Å². The van der Waals surface area contributed by atoms with Crippen molar-refractivity contribution < 1.29 is 14.3 Å². The molecule has 0 spiro atoms. The lowest BCUT2D eigenvalue weighted by Gasteiger charge is -2.20. The first-order chi connectivity index (χ1) is 7.29. The third kappa shape index (κ3) is 3.34. The van der Waals surface area contributed by atoms with Gasteiger partial charge < -0.3 is 9.47 Å². The van der Waals surface area contributed by atoms with Gasteiger partial charge in [0, 0.05) is 19.8 Å². The smallest absolute Gasteiger partial charge is 0.257 e. The van der Waals surface area contributed by atoms with Gasteiger partial charge in [-0.15, -0.1) is 0 Å². The molecule has 1 amide bonds. The largest absolute Gasteiger partial charge is 0.364 e. The van der Waals surface area contributed by atoms with Crippen molar-refractivity contribution in [3.63, 3.8) is 0 Å². The highest BCUT2D eigenvalue weighted by atomic mass is 16.5. The minimum absolute atomic E-state index is 0.0979. The Morgan fingerprint density at radius 3 is 2.13 bits per heavy atom. The molecule has 0 unspecified atom stereocenters. The topological polar surface area (TPSA) is 38.8 Å². The number of benzene rings is 1. The molecule has 1 aromatic rings. The van der Waals surface area contributed by atoms with Crippen molar-refractivity contribution in [1.82, 2.24) is 4.90 Å². The van der Waals surface area contributed by atoms with Gasteiger partial charge >= 0.3 is 0 Å². The number of amides is 1. The minimum Gasteiger partial charge on any atom is -0.364 e. The van der Waals surface area contributed by atoms with Crippen LogP contribution in [0.15, 0.2) is 30.3 Å². The Balaban J connectivity index is 2.71. The average Bonchev–Trinajstić information content (AvgIpc) is 2.29. The first-order valence-corrected chi connectivity index (χ1v) is 4.61. The molecule has 0 fully saturated rings. The number of hydrogen-bond donors (Lipinski definition) is 0. The molecule has 0 saturated heterocycles. The van der Waals surface area contributed by atoms with E-state index in [0.717, 1.165) is 0 Å². The van der Waals surface area contributed by atoms with Crippen LogP contribution >= 0.6 is 0 Å². The third-order valence-corrected chi connectivity index (χ3v) is 1.88. The number of nitrogens with zero attached hydrogens (tertiary/aromatic N) is 1. The van der Waals surface area contributed by atoms with Crippen LogP contribution in [-0.2, 0) is 9.47 Å². The molecule has 0 saturated carbocycles. The van der Waals surface area contributed by atoms with E-state index in [1.54, 1.807) is 26.4 Å². The van der Waals surface area contributed by atoms with Crippen molar-refractivity contribution in [2.45, 2.75) is 0 Å². The summed E-state index contributed by atoms with van der Waals surface area (Å²) < 4.78 is 9.85. The van der Waals surface area contributed by atoms with Gasteiger partial charge in [-0.25, -0.2) is 0 Å². The van der Waals surface area contributed by atoms with Gasteiger partial charge in [0.05, 0.1) is 0 Å². The fourth-order valence-corrected chi connectivity index (χ4v) is 1.23. The van der Waals surface area contributed by atoms with E-state index in [1.165, 1.54) is 4.90 Å². The molecule has 0 aliphatic carbocycles. The third-order valence-electron chi connectivity index (χ3n) is 1.88. The summed E-state index contributed by atoms with van der Waals surface area (Å²) in [5.41, 5.74) is 0.631. The fourth-order valence-electron chi connectivity index (χ4n) is 1.23. The second kappa shape index (κ2) is 6.16. The summed E-state index contributed by atoms with van der Waals surface area (Å²) >= 11 is 0. The molecule has 4 heteroatoms. The van der Waals surface area contributed by atoms with E-state index in [2.05, 4.69) is 0 Å². The van der Waals surface area contributed by atoms with Crippen LogP contribution < -0.4 is 0 Å². The van der Waals surface area contributed by atoms with Gasteiger partial charge in [-0.1, -0.05) is 18.2 Å². The number of carbonyl (C=O) groups excluding carboxylic acids is 1. The number of methoxy groups -OCH3 is 2. The highest BCUT2D eigenvalue weighted by Crippen LogP contribution is 2.04. The Labute approximate surface area is 89.4 Å². The number of hydrogen-bond acceptors (Lipinski definition) is 3. The highest BCUT2D eigenvalue weighted by Gasteiger charge is 2.14. The fraction of sp³-hybridized carbons (Fsp3) is 0.364. The Kier molecular flexibility index (Phi) is 4.80. The average molecular weight is 209 g/mol. The normalized spacial score (nSPS) is 10.0. The monoisotopic (exact) mass is 209 g/mol. The van der Waals surface area contributed by atoms with Crippen molar-refractivity contribution >= 4 is 5.91 Å². The molecule has 0 bridgehead atoms. The molecule has 0 heterocycles. The standard InChI is InChI=1S/C11H15NO3/c1-14-8-12(9-15-2)11(13)10-6-4-3-5-7-10/h3-7H,8-9H2,1-2H3. The minimum atomic E-state index is -0.0979. The quantitative estimate of drug-likeness (QED) is 0.687. The van der Waals surface area contributed by atoms with Crippen LogP contribution in [0.1, 0.15) is 10.4 Å². The summed E-state index contributed by atoms with van der Waals surface area (Å²) in [5, 5.41) is 0. The zero-order valence-electron chi connectivity index (χ0n) is 8.97. The number of ether oxygens (including phenoxy) is 2. The maximum atomic E-state index is 11.9. The maximum Gasteiger partial charge on any atom is 0.257 e. The molecule has 0 radical (unpaired) electrons. The molecule has 4 nitrogen and oxygen atoms in total. The Morgan fingerprint density at radius 1 is 1.13 bits per heavy atom.